The predicted molar refractivity (Wildman–Crippen MR) is 61.8 cm³/mol. The van der Waals surface area contributed by atoms with Gasteiger partial charge in [0, 0.05) is 6.07 Å². The van der Waals surface area contributed by atoms with Gasteiger partial charge in [-0.25, -0.2) is 0 Å². The Kier molecular flexibility index (Phi) is 4.06. The fourth-order valence-electron chi connectivity index (χ4n) is 1.41. The van der Waals surface area contributed by atoms with Crippen molar-refractivity contribution in [1.82, 2.24) is 9.94 Å². The van der Waals surface area contributed by atoms with Crippen molar-refractivity contribution in [2.45, 2.75) is 13.2 Å². The first-order chi connectivity index (χ1) is 9.06. The minimum Gasteiger partial charge on any atom is -0.471 e. The average Bonchev–Trinajstić information content (AvgIpc) is 2.73. The van der Waals surface area contributed by atoms with E-state index in [0.717, 1.165) is 0 Å². The third-order valence-corrected chi connectivity index (χ3v) is 2.56. The Labute approximate surface area is 111 Å². The third-order valence-electron chi connectivity index (χ3n) is 2.21. The van der Waals surface area contributed by atoms with Crippen molar-refractivity contribution in [2.24, 2.45) is 0 Å². The Hall–Kier alpha value is -2.02. The monoisotopic (exact) mass is 290 g/mol. The summed E-state index contributed by atoms with van der Waals surface area (Å²) < 4.78 is 34.0. The van der Waals surface area contributed by atoms with Crippen molar-refractivity contribution >= 4 is 11.6 Å². The second-order valence-corrected chi connectivity index (χ2v) is 3.87. The molecular weight excluding hydrogens is 282 g/mol. The van der Waals surface area contributed by atoms with E-state index in [9.17, 15) is 8.78 Å². The van der Waals surface area contributed by atoms with Crippen LogP contribution in [0.1, 0.15) is 5.56 Å². The quantitative estimate of drug-likeness (QED) is 0.860. The van der Waals surface area contributed by atoms with Gasteiger partial charge in [-0.05, 0) is 12.1 Å². The molecule has 0 unspecified atom stereocenters. The van der Waals surface area contributed by atoms with Crippen molar-refractivity contribution < 1.29 is 23.5 Å². The summed E-state index contributed by atoms with van der Waals surface area (Å²) in [4.78, 5) is 0.568. The summed E-state index contributed by atoms with van der Waals surface area (Å²) in [7, 11) is 0. The van der Waals surface area contributed by atoms with Crippen LogP contribution in [0, 0.1) is 0 Å². The molecule has 8 heteroatoms. The van der Waals surface area contributed by atoms with Gasteiger partial charge in [0.25, 0.3) is 0 Å². The number of nitrogens with zero attached hydrogens (tertiary/aromatic N) is 2. The normalized spacial score (nSPS) is 10.7. The lowest BCUT2D eigenvalue weighted by molar-refractivity contribution is -0.0508. The highest BCUT2D eigenvalue weighted by Crippen LogP contribution is 2.28. The first-order valence-corrected chi connectivity index (χ1v) is 5.54. The number of hydrogen-bond donors (Lipinski definition) is 1. The number of hydrogen-bond acceptors (Lipinski definition) is 4. The van der Waals surface area contributed by atoms with E-state index in [0.29, 0.717) is 4.85 Å². The van der Waals surface area contributed by atoms with Gasteiger partial charge in [0.15, 0.2) is 0 Å². The van der Waals surface area contributed by atoms with E-state index >= 15 is 0 Å². The van der Waals surface area contributed by atoms with Crippen LogP contribution in [0.25, 0.3) is 0 Å². The molecule has 2 rings (SSSR count). The van der Waals surface area contributed by atoms with Crippen LogP contribution in [0.3, 0.4) is 0 Å². The summed E-state index contributed by atoms with van der Waals surface area (Å²) in [5.74, 6) is 0.0661. The second-order valence-electron chi connectivity index (χ2n) is 3.46. The molecule has 0 amide bonds. The molecular formula is C11H9ClF2N2O3. The summed E-state index contributed by atoms with van der Waals surface area (Å²) >= 11 is 5.90. The first kappa shape index (κ1) is 13.4. The molecule has 19 heavy (non-hydrogen) atoms. The van der Waals surface area contributed by atoms with E-state index in [1.165, 1.54) is 30.5 Å². The molecule has 0 saturated carbocycles. The lowest BCUT2D eigenvalue weighted by Gasteiger charge is -2.12. The van der Waals surface area contributed by atoms with E-state index in [-0.39, 0.29) is 28.8 Å². The summed E-state index contributed by atoms with van der Waals surface area (Å²) in [5.41, 5.74) is 0.275. The third kappa shape index (κ3) is 3.47. The minimum atomic E-state index is -2.95. The molecule has 0 aliphatic carbocycles. The van der Waals surface area contributed by atoms with Gasteiger partial charge < -0.3 is 14.7 Å². The zero-order valence-corrected chi connectivity index (χ0v) is 10.2. The summed E-state index contributed by atoms with van der Waals surface area (Å²) in [6.45, 7) is -3.06. The maximum absolute atomic E-state index is 12.2. The fraction of sp³-hybridized carbons (Fsp3) is 0.182. The van der Waals surface area contributed by atoms with Gasteiger partial charge in [-0.2, -0.15) is 8.78 Å². The number of ether oxygens (including phenoxy) is 2. The van der Waals surface area contributed by atoms with Crippen LogP contribution in [0.5, 0.6) is 11.6 Å². The van der Waals surface area contributed by atoms with Crippen molar-refractivity contribution in [1.29, 1.82) is 0 Å². The highest BCUT2D eigenvalue weighted by molar-refractivity contribution is 6.31. The molecule has 0 aliphatic heterocycles. The van der Waals surface area contributed by atoms with E-state index in [4.69, 9.17) is 21.5 Å². The number of benzene rings is 1. The summed E-state index contributed by atoms with van der Waals surface area (Å²) in [5, 5.41) is 12.8. The molecule has 1 aromatic carbocycles. The fourth-order valence-corrected chi connectivity index (χ4v) is 1.63. The molecule has 0 radical (unpaired) electrons. The van der Waals surface area contributed by atoms with E-state index in [2.05, 4.69) is 9.84 Å². The van der Waals surface area contributed by atoms with Crippen LogP contribution in [0.15, 0.2) is 30.5 Å². The molecule has 102 valence electrons. The maximum Gasteiger partial charge on any atom is 0.387 e. The minimum absolute atomic E-state index is 0.0640. The highest BCUT2D eigenvalue weighted by atomic mass is 35.5. The van der Waals surface area contributed by atoms with Gasteiger partial charge in [-0.1, -0.05) is 22.8 Å². The van der Waals surface area contributed by atoms with Crippen molar-refractivity contribution in [3.63, 3.8) is 0 Å². The van der Waals surface area contributed by atoms with Gasteiger partial charge in [0.05, 0.1) is 16.8 Å². The molecule has 1 heterocycles. The molecule has 1 N–H and O–H groups in total. The van der Waals surface area contributed by atoms with Crippen LogP contribution < -0.4 is 9.47 Å². The SMILES string of the molecule is On1ccc(OCc2c(Cl)cccc2OC(F)F)n1. The largest absolute Gasteiger partial charge is 0.471 e. The smallest absolute Gasteiger partial charge is 0.387 e. The summed E-state index contributed by atoms with van der Waals surface area (Å²) in [6, 6.07) is 5.79. The molecule has 2 aromatic rings. The average molecular weight is 291 g/mol. The van der Waals surface area contributed by atoms with Gasteiger partial charge in [0.2, 0.25) is 5.88 Å². The van der Waals surface area contributed by atoms with Gasteiger partial charge in [-0.3, -0.25) is 0 Å². The zero-order valence-electron chi connectivity index (χ0n) is 9.46. The topological polar surface area (TPSA) is 56.5 Å². The molecule has 0 spiro atoms. The van der Waals surface area contributed by atoms with Crippen LogP contribution in [0.2, 0.25) is 5.02 Å². The predicted octanol–water partition coefficient (Wildman–Crippen LogP) is 2.95. The Bertz CT molecular complexity index is 563. The molecule has 0 aliphatic rings. The lowest BCUT2D eigenvalue weighted by atomic mass is 10.2. The van der Waals surface area contributed by atoms with E-state index in [1.54, 1.807) is 0 Å². The van der Waals surface area contributed by atoms with Crippen LogP contribution in [0.4, 0.5) is 8.78 Å². The standard InChI is InChI=1S/C11H9ClF2N2O3/c12-8-2-1-3-9(19-11(13)14)7(8)6-18-10-4-5-16(17)15-10/h1-5,11,17H,6H2. The van der Waals surface area contributed by atoms with E-state index < -0.39 is 6.61 Å². The molecule has 0 bridgehead atoms. The first-order valence-electron chi connectivity index (χ1n) is 5.16. The van der Waals surface area contributed by atoms with Gasteiger partial charge >= 0.3 is 6.61 Å². The van der Waals surface area contributed by atoms with E-state index in [1.807, 2.05) is 0 Å². The molecule has 5 nitrogen and oxygen atoms in total. The highest BCUT2D eigenvalue weighted by Gasteiger charge is 2.13. The molecule has 0 saturated heterocycles. The Morgan fingerprint density at radius 1 is 1.37 bits per heavy atom. The van der Waals surface area contributed by atoms with Gasteiger partial charge in [-0.15, -0.1) is 4.85 Å². The van der Waals surface area contributed by atoms with Crippen LogP contribution >= 0.6 is 11.6 Å². The number of aromatic nitrogens is 2. The lowest BCUT2D eigenvalue weighted by Crippen LogP contribution is -2.07. The molecule has 0 fully saturated rings. The van der Waals surface area contributed by atoms with Gasteiger partial charge in [0.1, 0.15) is 12.4 Å². The Morgan fingerprint density at radius 3 is 2.79 bits per heavy atom. The van der Waals surface area contributed by atoms with Crippen molar-refractivity contribution in [3.05, 3.63) is 41.0 Å². The van der Waals surface area contributed by atoms with Crippen LogP contribution in [-0.2, 0) is 6.61 Å². The number of alkyl halides is 2. The maximum atomic E-state index is 12.2. The molecule has 0 atom stereocenters. The van der Waals surface area contributed by atoms with Crippen molar-refractivity contribution in [2.75, 3.05) is 0 Å². The second kappa shape index (κ2) is 5.75. The molecule has 1 aromatic heterocycles. The number of rotatable bonds is 5. The Balaban J connectivity index is 2.14. The van der Waals surface area contributed by atoms with Crippen LogP contribution in [-0.4, -0.2) is 21.8 Å². The summed E-state index contributed by atoms with van der Waals surface area (Å²) in [6.07, 6.45) is 1.26. The zero-order chi connectivity index (χ0) is 13.8. The Morgan fingerprint density at radius 2 is 2.16 bits per heavy atom. The number of halogens is 3. The van der Waals surface area contributed by atoms with Crippen molar-refractivity contribution in [3.8, 4) is 11.6 Å².